The van der Waals surface area contributed by atoms with Crippen LogP contribution < -0.4 is 14.5 Å². The molecular formula is C22H21FN2O6. The number of hydrogen-bond acceptors (Lipinski definition) is 6. The topological polar surface area (TPSA) is 93.2 Å². The monoisotopic (exact) mass is 428 g/mol. The summed E-state index contributed by atoms with van der Waals surface area (Å²) in [6, 6.07) is 2.18. The summed E-state index contributed by atoms with van der Waals surface area (Å²) in [4.78, 5) is 51.9. The van der Waals surface area contributed by atoms with Crippen molar-refractivity contribution in [3.63, 3.8) is 0 Å². The van der Waals surface area contributed by atoms with Crippen LogP contribution in [0.25, 0.3) is 0 Å². The first kappa shape index (κ1) is 22.0. The third-order valence-electron chi connectivity index (χ3n) is 5.14. The van der Waals surface area contributed by atoms with E-state index in [0.29, 0.717) is 24.2 Å². The van der Waals surface area contributed by atoms with Crippen LogP contribution in [0.3, 0.4) is 0 Å². The van der Waals surface area contributed by atoms with E-state index in [2.05, 4.69) is 5.92 Å². The highest BCUT2D eigenvalue weighted by Gasteiger charge is 2.34. The van der Waals surface area contributed by atoms with Gasteiger partial charge in [0, 0.05) is 24.1 Å². The van der Waals surface area contributed by atoms with E-state index in [9.17, 15) is 23.6 Å². The van der Waals surface area contributed by atoms with Crippen molar-refractivity contribution in [2.24, 2.45) is 0 Å². The normalized spacial score (nSPS) is 15.5. The maximum atomic E-state index is 15.0. The average molecular weight is 428 g/mol. The van der Waals surface area contributed by atoms with Crippen molar-refractivity contribution in [2.75, 3.05) is 30.1 Å². The molecule has 0 radical (unpaired) electrons. The zero-order valence-corrected chi connectivity index (χ0v) is 17.2. The Morgan fingerprint density at radius 3 is 2.55 bits per heavy atom. The van der Waals surface area contributed by atoms with Gasteiger partial charge in [-0.1, -0.05) is 5.92 Å². The first-order valence-electron chi connectivity index (χ1n) is 9.65. The quantitative estimate of drug-likeness (QED) is 0.539. The fourth-order valence-electron chi connectivity index (χ4n) is 3.69. The number of terminal acetylenes is 1. The van der Waals surface area contributed by atoms with Crippen LogP contribution >= 0.6 is 0 Å². The van der Waals surface area contributed by atoms with E-state index in [4.69, 9.17) is 15.9 Å². The summed E-state index contributed by atoms with van der Waals surface area (Å²) < 4.78 is 25.0. The molecule has 3 rings (SSSR count). The fourth-order valence-corrected chi connectivity index (χ4v) is 3.69. The van der Waals surface area contributed by atoms with Crippen molar-refractivity contribution in [2.45, 2.75) is 32.6 Å². The number of hydrogen-bond donors (Lipinski definition) is 0. The standard InChI is InChI=1S/C22H21FN2O6/c1-4-9-24-18-11-17(16(23)10-19(18)31-12-20(24)27)25(13(2)26)21(28)14-7-5-6-8-15(14)22(29)30-3/h1,10-11H,5-9,12H2,2-3H3. The number of rotatable bonds is 4. The molecule has 0 N–H and O–H groups in total. The largest absolute Gasteiger partial charge is 0.481 e. The van der Waals surface area contributed by atoms with Gasteiger partial charge in [-0.15, -0.1) is 6.42 Å². The predicted molar refractivity (Wildman–Crippen MR) is 109 cm³/mol. The minimum absolute atomic E-state index is 0.0687. The minimum Gasteiger partial charge on any atom is -0.481 e. The summed E-state index contributed by atoms with van der Waals surface area (Å²) in [6.07, 6.45) is 7.23. The summed E-state index contributed by atoms with van der Waals surface area (Å²) in [5, 5.41) is 0. The van der Waals surface area contributed by atoms with Crippen LogP contribution in [0.4, 0.5) is 15.8 Å². The van der Waals surface area contributed by atoms with Crippen molar-refractivity contribution in [1.82, 2.24) is 0 Å². The van der Waals surface area contributed by atoms with Crippen LogP contribution in [0.15, 0.2) is 23.3 Å². The Labute approximate surface area is 178 Å². The molecule has 8 nitrogen and oxygen atoms in total. The van der Waals surface area contributed by atoms with Gasteiger partial charge in [-0.05, 0) is 31.7 Å². The van der Waals surface area contributed by atoms with Gasteiger partial charge in [-0.25, -0.2) is 14.1 Å². The van der Waals surface area contributed by atoms with Gasteiger partial charge in [0.15, 0.2) is 12.4 Å². The van der Waals surface area contributed by atoms with E-state index in [-0.39, 0.29) is 47.8 Å². The Kier molecular flexibility index (Phi) is 6.39. The van der Waals surface area contributed by atoms with Crippen molar-refractivity contribution in [3.05, 3.63) is 29.1 Å². The lowest BCUT2D eigenvalue weighted by Crippen LogP contribution is -2.41. The number of esters is 1. The highest BCUT2D eigenvalue weighted by atomic mass is 19.1. The van der Waals surface area contributed by atoms with Gasteiger partial charge in [-0.2, -0.15) is 0 Å². The van der Waals surface area contributed by atoms with E-state index in [1.54, 1.807) is 0 Å². The van der Waals surface area contributed by atoms with Gasteiger partial charge >= 0.3 is 5.97 Å². The molecule has 0 saturated carbocycles. The lowest BCUT2D eigenvalue weighted by molar-refractivity contribution is -0.137. The Balaban J connectivity index is 2.12. The van der Waals surface area contributed by atoms with E-state index in [1.807, 2.05) is 0 Å². The van der Waals surface area contributed by atoms with Gasteiger partial charge in [-0.3, -0.25) is 19.3 Å². The van der Waals surface area contributed by atoms with Crippen molar-refractivity contribution < 1.29 is 33.0 Å². The summed E-state index contributed by atoms with van der Waals surface area (Å²) in [5.41, 5.74) is 0.0726. The Hall–Kier alpha value is -3.67. The van der Waals surface area contributed by atoms with Gasteiger partial charge in [0.25, 0.3) is 11.8 Å². The zero-order valence-electron chi connectivity index (χ0n) is 17.2. The van der Waals surface area contributed by atoms with Gasteiger partial charge in [0.2, 0.25) is 5.91 Å². The van der Waals surface area contributed by atoms with Crippen molar-refractivity contribution in [1.29, 1.82) is 0 Å². The molecular weight excluding hydrogens is 407 g/mol. The lowest BCUT2D eigenvalue weighted by atomic mass is 9.90. The predicted octanol–water partition coefficient (Wildman–Crippen LogP) is 2.11. The van der Waals surface area contributed by atoms with Crippen LogP contribution in [0.2, 0.25) is 0 Å². The Bertz CT molecular complexity index is 1040. The molecule has 0 fully saturated rings. The molecule has 1 aromatic rings. The number of nitrogens with zero attached hydrogens (tertiary/aromatic N) is 2. The highest BCUT2D eigenvalue weighted by Crippen LogP contribution is 2.39. The number of amides is 3. The SMILES string of the molecule is C#CCN1C(=O)COc2cc(F)c(N(C(C)=O)C(=O)C3=C(C(=O)OC)CCCC3)cc21. The van der Waals surface area contributed by atoms with E-state index in [0.717, 1.165) is 13.0 Å². The van der Waals surface area contributed by atoms with Crippen LogP contribution in [0.1, 0.15) is 32.6 Å². The second-order valence-electron chi connectivity index (χ2n) is 7.06. The van der Waals surface area contributed by atoms with Crippen LogP contribution in [-0.4, -0.2) is 44.0 Å². The second-order valence-corrected chi connectivity index (χ2v) is 7.06. The van der Waals surface area contributed by atoms with E-state index >= 15 is 0 Å². The van der Waals surface area contributed by atoms with Gasteiger partial charge in [0.05, 0.1) is 25.0 Å². The summed E-state index contributed by atoms with van der Waals surface area (Å²) in [5.74, 6) is -1.14. The van der Waals surface area contributed by atoms with Crippen LogP contribution in [0, 0.1) is 18.2 Å². The molecule has 0 bridgehead atoms. The summed E-state index contributed by atoms with van der Waals surface area (Å²) in [7, 11) is 1.20. The summed E-state index contributed by atoms with van der Waals surface area (Å²) in [6.45, 7) is 0.711. The minimum atomic E-state index is -0.895. The average Bonchev–Trinajstić information content (AvgIpc) is 2.75. The molecule has 0 unspecified atom stereocenters. The first-order chi connectivity index (χ1) is 14.8. The molecule has 31 heavy (non-hydrogen) atoms. The van der Waals surface area contributed by atoms with E-state index < -0.39 is 29.5 Å². The maximum absolute atomic E-state index is 15.0. The number of anilines is 2. The fraction of sp³-hybridized carbons (Fsp3) is 0.364. The number of imide groups is 1. The molecule has 0 saturated heterocycles. The second kappa shape index (κ2) is 9.00. The molecule has 162 valence electrons. The number of benzene rings is 1. The molecule has 0 atom stereocenters. The number of ether oxygens (including phenoxy) is 2. The number of carbonyl (C=O) groups excluding carboxylic acids is 4. The third kappa shape index (κ3) is 4.14. The molecule has 2 aliphatic rings. The molecule has 0 spiro atoms. The number of methoxy groups -OCH3 is 1. The van der Waals surface area contributed by atoms with Crippen LogP contribution in [0.5, 0.6) is 5.75 Å². The molecule has 1 heterocycles. The number of halogens is 1. The Morgan fingerprint density at radius 2 is 1.94 bits per heavy atom. The van der Waals surface area contributed by atoms with Crippen LogP contribution in [-0.2, 0) is 23.9 Å². The molecule has 9 heteroatoms. The zero-order chi connectivity index (χ0) is 22.7. The van der Waals surface area contributed by atoms with Gasteiger partial charge < -0.3 is 9.47 Å². The molecule has 1 aliphatic carbocycles. The molecule has 3 amide bonds. The highest BCUT2D eigenvalue weighted by molar-refractivity contribution is 6.22. The summed E-state index contributed by atoms with van der Waals surface area (Å²) >= 11 is 0. The smallest absolute Gasteiger partial charge is 0.334 e. The van der Waals surface area contributed by atoms with Crippen molar-refractivity contribution >= 4 is 35.1 Å². The third-order valence-corrected chi connectivity index (χ3v) is 5.14. The Morgan fingerprint density at radius 1 is 1.26 bits per heavy atom. The van der Waals surface area contributed by atoms with E-state index in [1.165, 1.54) is 18.1 Å². The molecule has 1 aliphatic heterocycles. The van der Waals surface area contributed by atoms with Gasteiger partial charge in [0.1, 0.15) is 5.75 Å². The lowest BCUT2D eigenvalue weighted by Gasteiger charge is -2.30. The maximum Gasteiger partial charge on any atom is 0.334 e. The molecule has 1 aromatic carbocycles. The molecule has 0 aromatic heterocycles. The van der Waals surface area contributed by atoms with Crippen molar-refractivity contribution in [3.8, 4) is 18.1 Å². The first-order valence-corrected chi connectivity index (χ1v) is 9.65. The number of carbonyl (C=O) groups is 4. The number of fused-ring (bicyclic) bond motifs is 1.